The maximum Gasteiger partial charge on any atom is 0.165 e. The molecule has 0 aliphatic carbocycles. The van der Waals surface area contributed by atoms with E-state index in [1.54, 1.807) is 0 Å². The second-order valence-corrected chi connectivity index (χ2v) is 5.19. The lowest BCUT2D eigenvalue weighted by molar-refractivity contribution is 0.398. The molecule has 0 saturated carbocycles. The minimum atomic E-state index is -0.305. The van der Waals surface area contributed by atoms with E-state index in [1.807, 2.05) is 12.1 Å². The molecule has 0 aromatic heterocycles. The third kappa shape index (κ3) is 2.82. The molecule has 0 amide bonds. The smallest absolute Gasteiger partial charge is 0.165 e. The second-order valence-electron chi connectivity index (χ2n) is 5.19. The molecule has 0 radical (unpaired) electrons. The quantitative estimate of drug-likeness (QED) is 0.584. The van der Waals surface area contributed by atoms with Crippen LogP contribution in [0.25, 0.3) is 11.1 Å². The van der Waals surface area contributed by atoms with Crippen molar-refractivity contribution in [2.45, 2.75) is 40.0 Å². The first kappa shape index (κ1) is 15.2. The number of phenolic OH excluding ortho intramolecular Hbond substituents is 3. The van der Waals surface area contributed by atoms with Crippen molar-refractivity contribution in [3.8, 4) is 28.4 Å². The van der Waals surface area contributed by atoms with E-state index in [2.05, 4.69) is 20.8 Å². The lowest BCUT2D eigenvalue weighted by Gasteiger charge is -2.16. The molecule has 0 heterocycles. The van der Waals surface area contributed by atoms with Gasteiger partial charge in [-0.1, -0.05) is 32.9 Å². The van der Waals surface area contributed by atoms with Gasteiger partial charge in [0.1, 0.15) is 5.75 Å². The van der Waals surface area contributed by atoms with Gasteiger partial charge in [0.05, 0.1) is 0 Å². The van der Waals surface area contributed by atoms with Crippen molar-refractivity contribution in [1.29, 1.82) is 0 Å². The molecule has 0 aliphatic heterocycles. The monoisotopic (exact) mass is 286 g/mol. The Balaban J connectivity index is 2.70. The molecule has 0 unspecified atom stereocenters. The largest absolute Gasteiger partial charge is 0.508 e. The molecule has 0 bridgehead atoms. The predicted molar refractivity (Wildman–Crippen MR) is 85.0 cm³/mol. The normalized spacial score (nSPS) is 10.8. The highest BCUT2D eigenvalue weighted by Gasteiger charge is 2.14. The molecule has 0 aliphatic rings. The van der Waals surface area contributed by atoms with Crippen molar-refractivity contribution in [3.05, 3.63) is 41.0 Å². The fourth-order valence-electron chi connectivity index (χ4n) is 2.86. The average molecular weight is 286 g/mol. The summed E-state index contributed by atoms with van der Waals surface area (Å²) in [6.45, 7) is 6.36. The molecule has 3 N–H and O–H groups in total. The summed E-state index contributed by atoms with van der Waals surface area (Å²) in [5.41, 5.74) is 5.12. The Morgan fingerprint density at radius 3 is 1.81 bits per heavy atom. The molecule has 112 valence electrons. The van der Waals surface area contributed by atoms with Crippen LogP contribution >= 0.6 is 0 Å². The molecule has 0 fully saturated rings. The Bertz CT molecular complexity index is 635. The molecule has 0 saturated heterocycles. The topological polar surface area (TPSA) is 60.7 Å². The first-order valence-corrected chi connectivity index (χ1v) is 7.41. The van der Waals surface area contributed by atoms with Crippen molar-refractivity contribution >= 4 is 0 Å². The first-order valence-electron chi connectivity index (χ1n) is 7.41. The SMILES string of the molecule is CCc1cc(-c2cc(O)cc(O)c2O)cc(CC)c1CC. The van der Waals surface area contributed by atoms with Crippen molar-refractivity contribution in [2.75, 3.05) is 0 Å². The van der Waals surface area contributed by atoms with Gasteiger partial charge in [-0.3, -0.25) is 0 Å². The summed E-state index contributed by atoms with van der Waals surface area (Å²) in [6.07, 6.45) is 2.80. The number of benzene rings is 2. The summed E-state index contributed by atoms with van der Waals surface area (Å²) >= 11 is 0. The van der Waals surface area contributed by atoms with Gasteiger partial charge in [-0.15, -0.1) is 0 Å². The Hall–Kier alpha value is -2.16. The van der Waals surface area contributed by atoms with Crippen LogP contribution in [0, 0.1) is 0 Å². The summed E-state index contributed by atoms with van der Waals surface area (Å²) in [5, 5.41) is 29.4. The van der Waals surface area contributed by atoms with Crippen LogP contribution in [0.15, 0.2) is 24.3 Å². The Labute approximate surface area is 125 Å². The maximum absolute atomic E-state index is 10.1. The second kappa shape index (κ2) is 6.08. The van der Waals surface area contributed by atoms with Crippen molar-refractivity contribution in [2.24, 2.45) is 0 Å². The van der Waals surface area contributed by atoms with Gasteiger partial charge in [-0.25, -0.2) is 0 Å². The van der Waals surface area contributed by atoms with E-state index in [0.29, 0.717) is 5.56 Å². The summed E-state index contributed by atoms with van der Waals surface area (Å²) in [5.74, 6) is -0.558. The molecule has 3 heteroatoms. The summed E-state index contributed by atoms with van der Waals surface area (Å²) < 4.78 is 0. The van der Waals surface area contributed by atoms with E-state index >= 15 is 0 Å². The lowest BCUT2D eigenvalue weighted by atomic mass is 9.90. The van der Waals surface area contributed by atoms with Crippen LogP contribution in [0.5, 0.6) is 17.2 Å². The molecule has 2 aromatic carbocycles. The summed E-state index contributed by atoms with van der Waals surface area (Å²) in [4.78, 5) is 0. The lowest BCUT2D eigenvalue weighted by Crippen LogP contribution is -1.99. The molecule has 2 rings (SSSR count). The average Bonchev–Trinajstić information content (AvgIpc) is 2.49. The predicted octanol–water partition coefficient (Wildman–Crippen LogP) is 4.16. The van der Waals surface area contributed by atoms with Gasteiger partial charge in [0.15, 0.2) is 11.5 Å². The standard InChI is InChI=1S/C18H22O3/c1-4-11-7-13(8-12(5-2)15(11)6-3)16-9-14(19)10-17(20)18(16)21/h7-10,19-21H,4-6H2,1-3H3. The van der Waals surface area contributed by atoms with E-state index in [-0.39, 0.29) is 17.2 Å². The number of rotatable bonds is 4. The van der Waals surface area contributed by atoms with Crippen LogP contribution in [-0.2, 0) is 19.3 Å². The van der Waals surface area contributed by atoms with Crippen LogP contribution in [0.1, 0.15) is 37.5 Å². The number of phenols is 3. The third-order valence-corrected chi connectivity index (χ3v) is 3.94. The van der Waals surface area contributed by atoms with Gasteiger partial charge in [-0.2, -0.15) is 0 Å². The van der Waals surface area contributed by atoms with Crippen LogP contribution < -0.4 is 0 Å². The zero-order chi connectivity index (χ0) is 15.6. The molecular weight excluding hydrogens is 264 g/mol. The molecule has 21 heavy (non-hydrogen) atoms. The van der Waals surface area contributed by atoms with Crippen LogP contribution in [0.2, 0.25) is 0 Å². The van der Waals surface area contributed by atoms with Gasteiger partial charge in [0, 0.05) is 11.6 Å². The van der Waals surface area contributed by atoms with Crippen molar-refractivity contribution < 1.29 is 15.3 Å². The van der Waals surface area contributed by atoms with Crippen LogP contribution in [-0.4, -0.2) is 15.3 Å². The van der Waals surface area contributed by atoms with E-state index in [4.69, 9.17) is 0 Å². The third-order valence-electron chi connectivity index (χ3n) is 3.94. The van der Waals surface area contributed by atoms with E-state index in [9.17, 15) is 15.3 Å². The number of aromatic hydroxyl groups is 3. The molecule has 2 aromatic rings. The van der Waals surface area contributed by atoms with Crippen LogP contribution in [0.3, 0.4) is 0 Å². The van der Waals surface area contributed by atoms with Crippen LogP contribution in [0.4, 0.5) is 0 Å². The van der Waals surface area contributed by atoms with E-state index in [0.717, 1.165) is 30.9 Å². The number of aryl methyl sites for hydroxylation is 2. The van der Waals surface area contributed by atoms with E-state index in [1.165, 1.54) is 22.8 Å². The summed E-state index contributed by atoms with van der Waals surface area (Å²) in [7, 11) is 0. The van der Waals surface area contributed by atoms with Gasteiger partial charge < -0.3 is 15.3 Å². The Morgan fingerprint density at radius 1 is 0.762 bits per heavy atom. The van der Waals surface area contributed by atoms with Gasteiger partial charge >= 0.3 is 0 Å². The van der Waals surface area contributed by atoms with Crippen molar-refractivity contribution in [3.63, 3.8) is 0 Å². The fourth-order valence-corrected chi connectivity index (χ4v) is 2.86. The van der Waals surface area contributed by atoms with Gasteiger partial charge in [0.25, 0.3) is 0 Å². The number of hydrogen-bond acceptors (Lipinski definition) is 3. The molecular formula is C18H22O3. The van der Waals surface area contributed by atoms with Gasteiger partial charge in [-0.05, 0) is 47.6 Å². The van der Waals surface area contributed by atoms with Crippen molar-refractivity contribution in [1.82, 2.24) is 0 Å². The fraction of sp³-hybridized carbons (Fsp3) is 0.333. The van der Waals surface area contributed by atoms with Gasteiger partial charge in [0.2, 0.25) is 0 Å². The molecule has 3 nitrogen and oxygen atoms in total. The Kier molecular flexibility index (Phi) is 4.41. The zero-order valence-corrected chi connectivity index (χ0v) is 12.8. The minimum Gasteiger partial charge on any atom is -0.508 e. The molecule has 0 atom stereocenters. The van der Waals surface area contributed by atoms with E-state index < -0.39 is 0 Å². The molecule has 0 spiro atoms. The highest BCUT2D eigenvalue weighted by atomic mass is 16.3. The minimum absolute atomic E-state index is 0.0593. The highest BCUT2D eigenvalue weighted by Crippen LogP contribution is 2.40. The Morgan fingerprint density at radius 2 is 1.33 bits per heavy atom. The highest BCUT2D eigenvalue weighted by molar-refractivity contribution is 5.76. The maximum atomic E-state index is 10.1. The summed E-state index contributed by atoms with van der Waals surface area (Å²) in [6, 6.07) is 6.69. The zero-order valence-electron chi connectivity index (χ0n) is 12.8. The number of hydrogen-bond donors (Lipinski definition) is 3. The first-order chi connectivity index (χ1) is 10.0.